The van der Waals surface area contributed by atoms with Crippen LogP contribution < -0.4 is 16.2 Å². The Bertz CT molecular complexity index is 348. The van der Waals surface area contributed by atoms with E-state index >= 15 is 0 Å². The summed E-state index contributed by atoms with van der Waals surface area (Å²) in [5.74, 6) is 1.42. The van der Waals surface area contributed by atoms with Gasteiger partial charge in [0.25, 0.3) is 0 Å². The summed E-state index contributed by atoms with van der Waals surface area (Å²) in [6.07, 6.45) is 3.04. The normalized spacial score (nSPS) is 10.9. The maximum Gasteiger partial charge on any atom is 0.122 e. The molecule has 1 aromatic carbocycles. The molecule has 0 spiro atoms. The zero-order valence-electron chi connectivity index (χ0n) is 11.6. The highest BCUT2D eigenvalue weighted by molar-refractivity contribution is 5.37. The summed E-state index contributed by atoms with van der Waals surface area (Å²) in [6.45, 7) is 6.32. The number of hydrogen-bond acceptors (Lipinski definition) is 3. The molecule has 0 saturated carbocycles. The minimum absolute atomic E-state index is 0.407. The lowest BCUT2D eigenvalue weighted by Gasteiger charge is -2.15. The Labute approximate surface area is 111 Å². The largest absolute Gasteiger partial charge is 0.493 e. The topological polar surface area (TPSA) is 61.3 Å². The predicted octanol–water partition coefficient (Wildman–Crippen LogP) is 2.25. The molecule has 0 amide bonds. The summed E-state index contributed by atoms with van der Waals surface area (Å²) < 4.78 is 5.78. The van der Waals surface area contributed by atoms with E-state index < -0.39 is 0 Å². The van der Waals surface area contributed by atoms with Gasteiger partial charge in [0.15, 0.2) is 0 Å². The molecule has 3 heteroatoms. The van der Waals surface area contributed by atoms with Crippen molar-refractivity contribution in [1.29, 1.82) is 0 Å². The standard InChI is InChI=1S/C15H26N2O/c1-3-8-18-15-7-4-12(2)9-14(15)6-5-13(10-16)11-17/h4,7,9,13H,3,5-6,8,10-11,16-17H2,1-2H3. The molecule has 0 aromatic heterocycles. The first-order valence-electron chi connectivity index (χ1n) is 6.83. The van der Waals surface area contributed by atoms with E-state index in [2.05, 4.69) is 32.0 Å². The third-order valence-corrected chi connectivity index (χ3v) is 3.17. The molecule has 1 rings (SSSR count). The van der Waals surface area contributed by atoms with Crippen LogP contribution in [-0.4, -0.2) is 19.7 Å². The van der Waals surface area contributed by atoms with E-state index in [0.29, 0.717) is 19.0 Å². The maximum absolute atomic E-state index is 5.78. The van der Waals surface area contributed by atoms with Gasteiger partial charge in [-0.1, -0.05) is 24.6 Å². The van der Waals surface area contributed by atoms with E-state index in [1.54, 1.807) is 0 Å². The first-order valence-corrected chi connectivity index (χ1v) is 6.83. The van der Waals surface area contributed by atoms with E-state index in [9.17, 15) is 0 Å². The number of nitrogens with two attached hydrogens (primary N) is 2. The number of hydrogen-bond donors (Lipinski definition) is 2. The van der Waals surface area contributed by atoms with E-state index in [4.69, 9.17) is 16.2 Å². The van der Waals surface area contributed by atoms with Crippen molar-refractivity contribution in [2.45, 2.75) is 33.1 Å². The number of rotatable bonds is 8. The van der Waals surface area contributed by atoms with Gasteiger partial charge in [0, 0.05) is 0 Å². The van der Waals surface area contributed by atoms with Gasteiger partial charge >= 0.3 is 0 Å². The van der Waals surface area contributed by atoms with Gasteiger partial charge in [0.2, 0.25) is 0 Å². The molecule has 0 unspecified atom stereocenters. The van der Waals surface area contributed by atoms with Crippen molar-refractivity contribution in [3.63, 3.8) is 0 Å². The van der Waals surface area contributed by atoms with Crippen LogP contribution in [0.15, 0.2) is 18.2 Å². The lowest BCUT2D eigenvalue weighted by Crippen LogP contribution is -2.23. The van der Waals surface area contributed by atoms with E-state index in [0.717, 1.165) is 31.6 Å². The second-order valence-electron chi connectivity index (χ2n) is 4.84. The molecule has 0 heterocycles. The fourth-order valence-corrected chi connectivity index (χ4v) is 1.95. The van der Waals surface area contributed by atoms with E-state index in [1.165, 1.54) is 11.1 Å². The van der Waals surface area contributed by atoms with Crippen LogP contribution in [0.1, 0.15) is 30.9 Å². The van der Waals surface area contributed by atoms with Gasteiger partial charge in [-0.2, -0.15) is 0 Å². The highest BCUT2D eigenvalue weighted by Crippen LogP contribution is 2.23. The number of aryl methyl sites for hydroxylation is 2. The van der Waals surface area contributed by atoms with Gasteiger partial charge in [-0.3, -0.25) is 0 Å². The van der Waals surface area contributed by atoms with Crippen LogP contribution in [-0.2, 0) is 6.42 Å². The zero-order valence-corrected chi connectivity index (χ0v) is 11.6. The average molecular weight is 250 g/mol. The fourth-order valence-electron chi connectivity index (χ4n) is 1.95. The van der Waals surface area contributed by atoms with Crippen molar-refractivity contribution in [3.05, 3.63) is 29.3 Å². The third-order valence-electron chi connectivity index (χ3n) is 3.17. The molecule has 0 radical (unpaired) electrons. The molecular formula is C15H26N2O. The van der Waals surface area contributed by atoms with Crippen molar-refractivity contribution in [2.24, 2.45) is 17.4 Å². The van der Waals surface area contributed by atoms with E-state index in [1.807, 2.05) is 0 Å². The molecule has 3 nitrogen and oxygen atoms in total. The zero-order chi connectivity index (χ0) is 13.4. The summed E-state index contributed by atoms with van der Waals surface area (Å²) in [5.41, 5.74) is 13.9. The van der Waals surface area contributed by atoms with Crippen molar-refractivity contribution in [1.82, 2.24) is 0 Å². The van der Waals surface area contributed by atoms with Crippen LogP contribution in [0.25, 0.3) is 0 Å². The van der Waals surface area contributed by atoms with Crippen LogP contribution in [0.5, 0.6) is 5.75 Å². The molecule has 0 aliphatic heterocycles. The highest BCUT2D eigenvalue weighted by atomic mass is 16.5. The van der Waals surface area contributed by atoms with Crippen LogP contribution in [0.2, 0.25) is 0 Å². The lowest BCUT2D eigenvalue weighted by molar-refractivity contribution is 0.313. The van der Waals surface area contributed by atoms with Crippen molar-refractivity contribution in [3.8, 4) is 5.75 Å². The second-order valence-corrected chi connectivity index (χ2v) is 4.84. The fraction of sp³-hybridized carbons (Fsp3) is 0.600. The predicted molar refractivity (Wildman–Crippen MR) is 76.9 cm³/mol. The molecule has 0 aliphatic carbocycles. The molecular weight excluding hydrogens is 224 g/mol. The Morgan fingerprint density at radius 1 is 1.22 bits per heavy atom. The van der Waals surface area contributed by atoms with Gasteiger partial charge in [-0.25, -0.2) is 0 Å². The van der Waals surface area contributed by atoms with Crippen molar-refractivity contribution < 1.29 is 4.74 Å². The molecule has 0 atom stereocenters. The summed E-state index contributed by atoms with van der Waals surface area (Å²) >= 11 is 0. The Hall–Kier alpha value is -1.06. The van der Waals surface area contributed by atoms with Gasteiger partial charge < -0.3 is 16.2 Å². The van der Waals surface area contributed by atoms with Gasteiger partial charge in [-0.15, -0.1) is 0 Å². The minimum atomic E-state index is 0.407. The Kier molecular flexibility index (Phi) is 6.76. The van der Waals surface area contributed by atoms with Gasteiger partial charge in [0.1, 0.15) is 5.75 Å². The first-order chi connectivity index (χ1) is 8.71. The summed E-state index contributed by atoms with van der Waals surface area (Å²) in [4.78, 5) is 0. The molecule has 0 aliphatic rings. The van der Waals surface area contributed by atoms with Crippen molar-refractivity contribution in [2.75, 3.05) is 19.7 Å². The summed E-state index contributed by atoms with van der Waals surface area (Å²) in [5, 5.41) is 0. The lowest BCUT2D eigenvalue weighted by atomic mass is 9.98. The average Bonchev–Trinajstić information content (AvgIpc) is 2.39. The quantitative estimate of drug-likeness (QED) is 0.744. The molecule has 1 aromatic rings. The maximum atomic E-state index is 5.78. The van der Waals surface area contributed by atoms with Crippen LogP contribution in [0.4, 0.5) is 0 Å². The van der Waals surface area contributed by atoms with Crippen molar-refractivity contribution >= 4 is 0 Å². The van der Waals surface area contributed by atoms with Crippen LogP contribution >= 0.6 is 0 Å². The highest BCUT2D eigenvalue weighted by Gasteiger charge is 2.08. The van der Waals surface area contributed by atoms with Gasteiger partial charge in [0.05, 0.1) is 6.61 Å². The Balaban J connectivity index is 2.68. The summed E-state index contributed by atoms with van der Waals surface area (Å²) in [6, 6.07) is 6.37. The Morgan fingerprint density at radius 2 is 1.94 bits per heavy atom. The number of ether oxygens (including phenoxy) is 1. The monoisotopic (exact) mass is 250 g/mol. The van der Waals surface area contributed by atoms with Gasteiger partial charge in [-0.05, 0) is 56.8 Å². The SMILES string of the molecule is CCCOc1ccc(C)cc1CCC(CN)CN. The summed E-state index contributed by atoms with van der Waals surface area (Å²) in [7, 11) is 0. The third kappa shape index (κ3) is 4.67. The molecule has 0 bridgehead atoms. The smallest absolute Gasteiger partial charge is 0.122 e. The van der Waals surface area contributed by atoms with Crippen LogP contribution in [0.3, 0.4) is 0 Å². The first kappa shape index (κ1) is 15.0. The van der Waals surface area contributed by atoms with Crippen LogP contribution in [0, 0.1) is 12.8 Å². The molecule has 4 N–H and O–H groups in total. The molecule has 18 heavy (non-hydrogen) atoms. The Morgan fingerprint density at radius 3 is 2.56 bits per heavy atom. The molecule has 0 saturated heterocycles. The molecule has 0 fully saturated rings. The minimum Gasteiger partial charge on any atom is -0.493 e. The molecule has 102 valence electrons. The van der Waals surface area contributed by atoms with E-state index in [-0.39, 0.29) is 0 Å². The number of benzene rings is 1. The second kappa shape index (κ2) is 8.11.